The van der Waals surface area contributed by atoms with E-state index in [9.17, 15) is 4.79 Å². The van der Waals surface area contributed by atoms with Gasteiger partial charge in [0.15, 0.2) is 0 Å². The molecule has 0 aliphatic rings. The molecule has 16 heavy (non-hydrogen) atoms. The summed E-state index contributed by atoms with van der Waals surface area (Å²) in [5.41, 5.74) is 0.805. The smallest absolute Gasteiger partial charge is 0.254 e. The molecule has 1 rings (SSSR count). The molecule has 0 unspecified atom stereocenters. The number of halogens is 2. The van der Waals surface area contributed by atoms with Gasteiger partial charge in [-0.15, -0.1) is 0 Å². The molecule has 4 heteroatoms. The van der Waals surface area contributed by atoms with Gasteiger partial charge in [-0.3, -0.25) is 4.79 Å². The zero-order valence-corrected chi connectivity index (χ0v) is 13.0. The molecule has 1 amide bonds. The number of amides is 1. The first-order valence-electron chi connectivity index (χ1n) is 5.30. The van der Waals surface area contributed by atoms with Crippen LogP contribution in [-0.4, -0.2) is 29.2 Å². The van der Waals surface area contributed by atoms with Crippen molar-refractivity contribution in [2.75, 3.05) is 18.4 Å². The lowest BCUT2D eigenvalue weighted by Crippen LogP contribution is -2.32. The summed E-state index contributed by atoms with van der Waals surface area (Å²) in [6.45, 7) is 3.59. The van der Waals surface area contributed by atoms with Gasteiger partial charge in [0.25, 0.3) is 5.91 Å². The summed E-state index contributed by atoms with van der Waals surface area (Å²) in [4.78, 5) is 14.1. The third-order valence-corrected chi connectivity index (χ3v) is 3.84. The molecule has 0 saturated heterocycles. The Morgan fingerprint density at radius 3 is 2.69 bits per heavy atom. The fraction of sp³-hybridized carbons (Fsp3) is 0.417. The molecule has 0 spiro atoms. The second-order valence-electron chi connectivity index (χ2n) is 3.41. The largest absolute Gasteiger partial charge is 0.339 e. The van der Waals surface area contributed by atoms with E-state index in [-0.39, 0.29) is 5.91 Å². The van der Waals surface area contributed by atoms with E-state index in [2.05, 4.69) is 38.5 Å². The monoisotopic (exact) mass is 395 g/mol. The third kappa shape index (κ3) is 3.73. The molecule has 0 radical (unpaired) electrons. The standard InChI is InChI=1S/C12H15BrINO/c1-2-15(9-5-8-13)12(16)10-6-3-4-7-11(10)14/h3-4,6-7H,2,5,8-9H2,1H3. The summed E-state index contributed by atoms with van der Waals surface area (Å²) >= 11 is 5.59. The minimum atomic E-state index is 0.133. The normalized spacial score (nSPS) is 10.2. The van der Waals surface area contributed by atoms with E-state index in [4.69, 9.17) is 0 Å². The Hall–Kier alpha value is -0.100. The van der Waals surface area contributed by atoms with Crippen molar-refractivity contribution < 1.29 is 4.79 Å². The van der Waals surface area contributed by atoms with E-state index in [1.807, 2.05) is 36.1 Å². The van der Waals surface area contributed by atoms with Gasteiger partial charge >= 0.3 is 0 Å². The summed E-state index contributed by atoms with van der Waals surface area (Å²) in [5.74, 6) is 0.133. The summed E-state index contributed by atoms with van der Waals surface area (Å²) in [6.07, 6.45) is 0.989. The minimum absolute atomic E-state index is 0.133. The van der Waals surface area contributed by atoms with E-state index in [0.29, 0.717) is 0 Å². The van der Waals surface area contributed by atoms with Gasteiger partial charge in [-0.1, -0.05) is 28.1 Å². The molecule has 1 aromatic carbocycles. The van der Waals surface area contributed by atoms with Crippen LogP contribution in [0.5, 0.6) is 0 Å². The van der Waals surface area contributed by atoms with Crippen LogP contribution in [-0.2, 0) is 0 Å². The maximum atomic E-state index is 12.2. The van der Waals surface area contributed by atoms with Crippen LogP contribution in [0.15, 0.2) is 24.3 Å². The topological polar surface area (TPSA) is 20.3 Å². The lowest BCUT2D eigenvalue weighted by Gasteiger charge is -2.21. The van der Waals surface area contributed by atoms with Crippen molar-refractivity contribution in [3.63, 3.8) is 0 Å². The molecule has 0 aliphatic carbocycles. The quantitative estimate of drug-likeness (QED) is 0.551. The van der Waals surface area contributed by atoms with Crippen LogP contribution in [0.25, 0.3) is 0 Å². The molecule has 0 saturated carbocycles. The molecule has 1 aromatic rings. The predicted molar refractivity (Wildman–Crippen MR) is 79.1 cm³/mol. The van der Waals surface area contributed by atoms with E-state index in [0.717, 1.165) is 34.0 Å². The highest BCUT2D eigenvalue weighted by molar-refractivity contribution is 14.1. The molecule has 0 fully saturated rings. The van der Waals surface area contributed by atoms with Crippen LogP contribution in [0.4, 0.5) is 0 Å². The summed E-state index contributed by atoms with van der Waals surface area (Å²) < 4.78 is 1.02. The van der Waals surface area contributed by atoms with Gasteiger partial charge in [0.2, 0.25) is 0 Å². The first kappa shape index (κ1) is 14.0. The van der Waals surface area contributed by atoms with Gasteiger partial charge < -0.3 is 4.90 Å². The van der Waals surface area contributed by atoms with Crippen molar-refractivity contribution in [3.05, 3.63) is 33.4 Å². The number of carbonyl (C=O) groups is 1. The summed E-state index contributed by atoms with van der Waals surface area (Å²) in [7, 11) is 0. The first-order valence-corrected chi connectivity index (χ1v) is 7.50. The molecule has 0 aromatic heterocycles. The highest BCUT2D eigenvalue weighted by Crippen LogP contribution is 2.14. The second-order valence-corrected chi connectivity index (χ2v) is 5.36. The summed E-state index contributed by atoms with van der Waals surface area (Å²) in [6, 6.07) is 7.72. The van der Waals surface area contributed by atoms with E-state index < -0.39 is 0 Å². The van der Waals surface area contributed by atoms with Crippen molar-refractivity contribution in [3.8, 4) is 0 Å². The number of hydrogen-bond acceptors (Lipinski definition) is 1. The highest BCUT2D eigenvalue weighted by Gasteiger charge is 2.15. The molecule has 0 atom stereocenters. The van der Waals surface area contributed by atoms with Crippen LogP contribution in [0.2, 0.25) is 0 Å². The maximum Gasteiger partial charge on any atom is 0.254 e. The summed E-state index contributed by atoms with van der Waals surface area (Å²) in [5, 5.41) is 0.933. The minimum Gasteiger partial charge on any atom is -0.339 e. The Morgan fingerprint density at radius 1 is 1.44 bits per heavy atom. The Balaban J connectivity index is 2.79. The van der Waals surface area contributed by atoms with Gasteiger partial charge in [-0.25, -0.2) is 0 Å². The van der Waals surface area contributed by atoms with Crippen LogP contribution >= 0.6 is 38.5 Å². The Bertz CT molecular complexity index is 357. The van der Waals surface area contributed by atoms with Crippen molar-refractivity contribution >= 4 is 44.4 Å². The Labute approximate surface area is 119 Å². The zero-order chi connectivity index (χ0) is 12.0. The SMILES string of the molecule is CCN(CCCBr)C(=O)c1ccccc1I. The van der Waals surface area contributed by atoms with E-state index >= 15 is 0 Å². The highest BCUT2D eigenvalue weighted by atomic mass is 127. The first-order chi connectivity index (χ1) is 7.70. The van der Waals surface area contributed by atoms with E-state index in [1.54, 1.807) is 0 Å². The van der Waals surface area contributed by atoms with Crippen LogP contribution < -0.4 is 0 Å². The van der Waals surface area contributed by atoms with E-state index in [1.165, 1.54) is 0 Å². The molecule has 0 N–H and O–H groups in total. The molecule has 0 aliphatic heterocycles. The number of rotatable bonds is 5. The van der Waals surface area contributed by atoms with Gasteiger partial charge in [0.1, 0.15) is 0 Å². The zero-order valence-electron chi connectivity index (χ0n) is 9.25. The Morgan fingerprint density at radius 2 is 2.12 bits per heavy atom. The fourth-order valence-electron chi connectivity index (χ4n) is 1.46. The van der Waals surface area contributed by atoms with Crippen molar-refractivity contribution in [1.82, 2.24) is 4.90 Å². The number of benzene rings is 1. The molecular formula is C12H15BrINO. The Kier molecular flexibility index (Phi) is 6.34. The van der Waals surface area contributed by atoms with Crippen LogP contribution in [0.1, 0.15) is 23.7 Å². The predicted octanol–water partition coefficient (Wildman–Crippen LogP) is 3.54. The molecular weight excluding hydrogens is 381 g/mol. The van der Waals surface area contributed by atoms with Crippen LogP contribution in [0.3, 0.4) is 0 Å². The fourth-order valence-corrected chi connectivity index (χ4v) is 2.33. The molecule has 2 nitrogen and oxygen atoms in total. The van der Waals surface area contributed by atoms with Gasteiger partial charge in [-0.2, -0.15) is 0 Å². The lowest BCUT2D eigenvalue weighted by molar-refractivity contribution is 0.0764. The maximum absolute atomic E-state index is 12.2. The number of nitrogens with zero attached hydrogens (tertiary/aromatic N) is 1. The van der Waals surface area contributed by atoms with Gasteiger partial charge in [0.05, 0.1) is 5.56 Å². The molecule has 88 valence electrons. The second kappa shape index (κ2) is 7.27. The van der Waals surface area contributed by atoms with Gasteiger partial charge in [0, 0.05) is 22.0 Å². The average Bonchev–Trinajstić information content (AvgIpc) is 2.30. The number of hydrogen-bond donors (Lipinski definition) is 0. The molecule has 0 heterocycles. The van der Waals surface area contributed by atoms with Crippen molar-refractivity contribution in [2.24, 2.45) is 0 Å². The van der Waals surface area contributed by atoms with Crippen molar-refractivity contribution in [1.29, 1.82) is 0 Å². The number of alkyl halides is 1. The lowest BCUT2D eigenvalue weighted by atomic mass is 10.2. The van der Waals surface area contributed by atoms with Gasteiger partial charge in [-0.05, 0) is 48.1 Å². The molecule has 0 bridgehead atoms. The number of carbonyl (C=O) groups excluding carboxylic acids is 1. The average molecular weight is 396 g/mol. The third-order valence-electron chi connectivity index (χ3n) is 2.33. The van der Waals surface area contributed by atoms with Crippen LogP contribution in [0, 0.1) is 3.57 Å². The van der Waals surface area contributed by atoms with Crippen molar-refractivity contribution in [2.45, 2.75) is 13.3 Å².